The molecule has 1 aromatic rings. The molecule has 0 aliphatic carbocycles. The van der Waals surface area contributed by atoms with E-state index in [1.807, 2.05) is 19.2 Å². The van der Waals surface area contributed by atoms with E-state index in [0.29, 0.717) is 29.3 Å². The van der Waals surface area contributed by atoms with E-state index in [-0.39, 0.29) is 0 Å². The van der Waals surface area contributed by atoms with Crippen molar-refractivity contribution in [2.45, 2.75) is 25.3 Å². The van der Waals surface area contributed by atoms with Gasteiger partial charge in [-0.05, 0) is 37.9 Å². The summed E-state index contributed by atoms with van der Waals surface area (Å²) < 4.78 is 0. The molecular weight excluding hydrogens is 300 g/mol. The number of fused-ring (bicyclic) bond motifs is 1. The van der Waals surface area contributed by atoms with Crippen LogP contribution in [-0.2, 0) is 4.79 Å². The van der Waals surface area contributed by atoms with Gasteiger partial charge in [-0.1, -0.05) is 11.6 Å². The number of carbonyl (C=O) groups is 1. The van der Waals surface area contributed by atoms with E-state index in [1.165, 1.54) is 0 Å². The van der Waals surface area contributed by atoms with Gasteiger partial charge < -0.3 is 15.1 Å². The van der Waals surface area contributed by atoms with Gasteiger partial charge in [0.1, 0.15) is 5.82 Å². The van der Waals surface area contributed by atoms with Gasteiger partial charge in [-0.2, -0.15) is 0 Å². The molecule has 2 atom stereocenters. The summed E-state index contributed by atoms with van der Waals surface area (Å²) in [5.41, 5.74) is 0. The number of aromatic nitrogens is 1. The highest BCUT2D eigenvalue weighted by Gasteiger charge is 2.39. The molecule has 0 saturated carbocycles. The van der Waals surface area contributed by atoms with E-state index in [2.05, 4.69) is 20.1 Å². The maximum atomic E-state index is 12.2. The van der Waals surface area contributed by atoms with Crippen LogP contribution in [0.25, 0.3) is 0 Å². The summed E-state index contributed by atoms with van der Waals surface area (Å²) in [5, 5.41) is 3.81. The Hall–Kier alpha value is -1.33. The average Bonchev–Trinajstić information content (AvgIpc) is 2.54. The molecule has 0 bridgehead atoms. The molecule has 6 heteroatoms. The fraction of sp³-hybridized carbons (Fsp3) is 0.625. The molecule has 0 spiro atoms. The van der Waals surface area contributed by atoms with Crippen molar-refractivity contribution < 1.29 is 4.79 Å². The molecule has 1 amide bonds. The number of hydrogen-bond acceptors (Lipinski definition) is 4. The summed E-state index contributed by atoms with van der Waals surface area (Å²) in [6.07, 6.45) is 4.38. The molecule has 2 aliphatic rings. The number of likely N-dealkylation sites (N-methyl/N-ethyl adjacent to an activating group) is 1. The zero-order valence-corrected chi connectivity index (χ0v) is 13.7. The van der Waals surface area contributed by atoms with Gasteiger partial charge in [-0.3, -0.25) is 4.79 Å². The standard InChI is InChI=1S/C16H23ClN4O/c1-18-7-9-21-14-6-8-20(11-12(14)2-5-16(21)22)15-4-3-13(17)10-19-15/h3-4,10,12,14,18H,2,5-9,11H2,1H3/t12-,14+/m0/s1. The molecule has 0 radical (unpaired) electrons. The molecular formula is C16H23ClN4O. The van der Waals surface area contributed by atoms with Gasteiger partial charge in [0.2, 0.25) is 5.91 Å². The van der Waals surface area contributed by atoms with Crippen molar-refractivity contribution >= 4 is 23.3 Å². The Balaban J connectivity index is 1.68. The van der Waals surface area contributed by atoms with Gasteiger partial charge in [0.25, 0.3) is 0 Å². The molecule has 2 saturated heterocycles. The van der Waals surface area contributed by atoms with Crippen molar-refractivity contribution in [1.29, 1.82) is 0 Å². The predicted molar refractivity (Wildman–Crippen MR) is 88.2 cm³/mol. The highest BCUT2D eigenvalue weighted by Crippen LogP contribution is 2.32. The SMILES string of the molecule is CNCCN1C(=O)CC[C@H]2CN(c3ccc(Cl)cn3)CC[C@H]21. The minimum absolute atomic E-state index is 0.314. The number of piperidine rings is 2. The number of nitrogens with zero attached hydrogens (tertiary/aromatic N) is 3. The van der Waals surface area contributed by atoms with Crippen LogP contribution in [0.1, 0.15) is 19.3 Å². The van der Waals surface area contributed by atoms with Crippen molar-refractivity contribution in [2.75, 3.05) is 38.1 Å². The smallest absolute Gasteiger partial charge is 0.222 e. The van der Waals surface area contributed by atoms with Gasteiger partial charge in [0.15, 0.2) is 0 Å². The van der Waals surface area contributed by atoms with E-state index < -0.39 is 0 Å². The van der Waals surface area contributed by atoms with Gasteiger partial charge in [-0.15, -0.1) is 0 Å². The maximum absolute atomic E-state index is 12.2. The van der Waals surface area contributed by atoms with Gasteiger partial charge in [0, 0.05) is 44.8 Å². The summed E-state index contributed by atoms with van der Waals surface area (Å²) in [7, 11) is 1.93. The van der Waals surface area contributed by atoms with Crippen LogP contribution in [0.15, 0.2) is 18.3 Å². The summed E-state index contributed by atoms with van der Waals surface area (Å²) in [6.45, 7) is 3.59. The first kappa shape index (κ1) is 15.6. The third-order valence-electron chi connectivity index (χ3n) is 4.78. The lowest BCUT2D eigenvalue weighted by Gasteiger charge is -2.47. The Morgan fingerprint density at radius 1 is 1.41 bits per heavy atom. The first-order valence-electron chi connectivity index (χ1n) is 7.99. The number of likely N-dealkylation sites (tertiary alicyclic amines) is 1. The van der Waals surface area contributed by atoms with Crippen LogP contribution in [0, 0.1) is 5.92 Å². The third kappa shape index (κ3) is 3.20. The Labute approximate surface area is 136 Å². The van der Waals surface area contributed by atoms with Gasteiger partial charge in [-0.25, -0.2) is 4.98 Å². The third-order valence-corrected chi connectivity index (χ3v) is 5.01. The van der Waals surface area contributed by atoms with E-state index in [4.69, 9.17) is 11.6 Å². The zero-order chi connectivity index (χ0) is 15.5. The second-order valence-corrected chi connectivity index (χ2v) is 6.56. The Morgan fingerprint density at radius 2 is 2.27 bits per heavy atom. The number of rotatable bonds is 4. The van der Waals surface area contributed by atoms with E-state index in [1.54, 1.807) is 6.20 Å². The molecule has 5 nitrogen and oxygen atoms in total. The molecule has 120 valence electrons. The Morgan fingerprint density at radius 3 is 3.00 bits per heavy atom. The van der Waals surface area contributed by atoms with Crippen LogP contribution in [0.4, 0.5) is 5.82 Å². The van der Waals surface area contributed by atoms with Crippen LogP contribution in [0.3, 0.4) is 0 Å². The zero-order valence-electron chi connectivity index (χ0n) is 13.0. The first-order chi connectivity index (χ1) is 10.7. The van der Waals surface area contributed by atoms with Crippen LogP contribution < -0.4 is 10.2 Å². The number of halogens is 1. The van der Waals surface area contributed by atoms with Crippen molar-refractivity contribution in [3.8, 4) is 0 Å². The van der Waals surface area contributed by atoms with Crippen LogP contribution in [0.5, 0.6) is 0 Å². The molecule has 0 aromatic carbocycles. The van der Waals surface area contributed by atoms with Gasteiger partial charge in [0.05, 0.1) is 5.02 Å². The highest BCUT2D eigenvalue weighted by atomic mass is 35.5. The van der Waals surface area contributed by atoms with E-state index in [0.717, 1.165) is 44.8 Å². The van der Waals surface area contributed by atoms with Crippen molar-refractivity contribution in [2.24, 2.45) is 5.92 Å². The van der Waals surface area contributed by atoms with Crippen LogP contribution >= 0.6 is 11.6 Å². The second-order valence-electron chi connectivity index (χ2n) is 6.13. The molecule has 2 aliphatic heterocycles. The van der Waals surface area contributed by atoms with Crippen LogP contribution in [-0.4, -0.2) is 55.1 Å². The average molecular weight is 323 g/mol. The van der Waals surface area contributed by atoms with E-state index in [9.17, 15) is 4.79 Å². The van der Waals surface area contributed by atoms with Crippen molar-refractivity contribution in [3.05, 3.63) is 23.4 Å². The largest absolute Gasteiger partial charge is 0.356 e. The maximum Gasteiger partial charge on any atom is 0.222 e. The van der Waals surface area contributed by atoms with E-state index >= 15 is 0 Å². The monoisotopic (exact) mass is 322 g/mol. The summed E-state index contributed by atoms with van der Waals surface area (Å²) in [5.74, 6) is 1.84. The number of anilines is 1. The number of nitrogens with one attached hydrogen (secondary N) is 1. The fourth-order valence-electron chi connectivity index (χ4n) is 3.64. The summed E-state index contributed by atoms with van der Waals surface area (Å²) >= 11 is 5.91. The molecule has 22 heavy (non-hydrogen) atoms. The summed E-state index contributed by atoms with van der Waals surface area (Å²) in [6, 6.07) is 4.26. The van der Waals surface area contributed by atoms with Crippen LogP contribution in [0.2, 0.25) is 5.02 Å². The first-order valence-corrected chi connectivity index (χ1v) is 8.37. The Kier molecular flexibility index (Phi) is 4.84. The number of pyridine rings is 1. The molecule has 3 heterocycles. The lowest BCUT2D eigenvalue weighted by atomic mass is 9.83. The number of carbonyl (C=O) groups excluding carboxylic acids is 1. The van der Waals surface area contributed by atoms with Crippen molar-refractivity contribution in [1.82, 2.24) is 15.2 Å². The highest BCUT2D eigenvalue weighted by molar-refractivity contribution is 6.30. The number of amides is 1. The molecule has 1 N–H and O–H groups in total. The lowest BCUT2D eigenvalue weighted by molar-refractivity contribution is -0.139. The molecule has 3 rings (SSSR count). The lowest BCUT2D eigenvalue weighted by Crippen LogP contribution is -2.57. The predicted octanol–water partition coefficient (Wildman–Crippen LogP) is 1.77. The fourth-order valence-corrected chi connectivity index (χ4v) is 3.75. The Bertz CT molecular complexity index is 521. The van der Waals surface area contributed by atoms with Gasteiger partial charge >= 0.3 is 0 Å². The second kappa shape index (κ2) is 6.84. The topological polar surface area (TPSA) is 48.5 Å². The molecule has 2 fully saturated rings. The number of hydrogen-bond donors (Lipinski definition) is 1. The normalized spacial score (nSPS) is 25.3. The quantitative estimate of drug-likeness (QED) is 0.918. The molecule has 1 aromatic heterocycles. The summed E-state index contributed by atoms with van der Waals surface area (Å²) in [4.78, 5) is 21.0. The minimum Gasteiger partial charge on any atom is -0.356 e. The minimum atomic E-state index is 0.314. The molecule has 0 unspecified atom stereocenters. The van der Waals surface area contributed by atoms with Crippen molar-refractivity contribution in [3.63, 3.8) is 0 Å².